The van der Waals surface area contributed by atoms with E-state index in [1.165, 1.54) is 5.56 Å². The average Bonchev–Trinajstić information content (AvgIpc) is 2.54. The molecular weight excluding hydrogens is 270 g/mol. The highest BCUT2D eigenvalue weighted by molar-refractivity contribution is 5.73. The van der Waals surface area contributed by atoms with Crippen molar-refractivity contribution >= 4 is 5.91 Å². The van der Waals surface area contributed by atoms with Gasteiger partial charge in [0.1, 0.15) is 0 Å². The number of hydrogen-bond acceptors (Lipinski definition) is 1. The number of rotatable bonds is 6. The molecule has 2 aromatic carbocycles. The van der Waals surface area contributed by atoms with Crippen LogP contribution in [0.1, 0.15) is 42.4 Å². The summed E-state index contributed by atoms with van der Waals surface area (Å²) in [5, 5.41) is 0. The van der Waals surface area contributed by atoms with Crippen LogP contribution in [0, 0.1) is 11.8 Å². The molecule has 0 atom stereocenters. The minimum Gasteiger partial charge on any atom is -0.370 e. The van der Waals surface area contributed by atoms with Gasteiger partial charge < -0.3 is 5.73 Å². The summed E-state index contributed by atoms with van der Waals surface area (Å²) in [6.07, 6.45) is 4.54. The molecule has 2 nitrogen and oxygen atoms in total. The normalized spacial score (nSPS) is 9.82. The molecule has 2 heteroatoms. The molecule has 0 bridgehead atoms. The smallest absolute Gasteiger partial charge is 0.217 e. The molecule has 0 spiro atoms. The molecule has 112 valence electrons. The van der Waals surface area contributed by atoms with E-state index >= 15 is 0 Å². The molecule has 0 fully saturated rings. The van der Waals surface area contributed by atoms with Gasteiger partial charge in [0.05, 0.1) is 0 Å². The van der Waals surface area contributed by atoms with E-state index in [2.05, 4.69) is 36.1 Å². The summed E-state index contributed by atoms with van der Waals surface area (Å²) >= 11 is 0. The first-order chi connectivity index (χ1) is 10.7. The molecule has 0 aliphatic heterocycles. The second-order valence-corrected chi connectivity index (χ2v) is 5.34. The van der Waals surface area contributed by atoms with Crippen molar-refractivity contribution in [1.29, 1.82) is 0 Å². The van der Waals surface area contributed by atoms with Gasteiger partial charge in [0.2, 0.25) is 5.91 Å². The topological polar surface area (TPSA) is 43.1 Å². The first-order valence-electron chi connectivity index (χ1n) is 7.68. The molecular formula is C20H21NO. The molecule has 2 aromatic rings. The van der Waals surface area contributed by atoms with Gasteiger partial charge in [-0.1, -0.05) is 48.6 Å². The van der Waals surface area contributed by atoms with Crippen molar-refractivity contribution in [2.45, 2.75) is 32.1 Å². The van der Waals surface area contributed by atoms with E-state index in [1.807, 2.05) is 30.3 Å². The van der Waals surface area contributed by atoms with E-state index in [4.69, 9.17) is 5.73 Å². The van der Waals surface area contributed by atoms with Gasteiger partial charge in [0.15, 0.2) is 0 Å². The minimum absolute atomic E-state index is 0.207. The summed E-state index contributed by atoms with van der Waals surface area (Å²) in [6.45, 7) is 0. The molecule has 0 saturated carbocycles. The maximum Gasteiger partial charge on any atom is 0.217 e. The van der Waals surface area contributed by atoms with E-state index in [-0.39, 0.29) is 5.91 Å². The number of primary amides is 1. The number of carbonyl (C=O) groups is 1. The Kier molecular flexibility index (Phi) is 6.26. The highest BCUT2D eigenvalue weighted by Gasteiger charge is 1.97. The molecule has 2 N–H and O–H groups in total. The van der Waals surface area contributed by atoms with Crippen LogP contribution in [0.2, 0.25) is 0 Å². The zero-order chi connectivity index (χ0) is 15.6. The Labute approximate surface area is 132 Å². The van der Waals surface area contributed by atoms with E-state index in [1.54, 1.807) is 0 Å². The number of unbranched alkanes of at least 4 members (excludes halogenated alkanes) is 2. The van der Waals surface area contributed by atoms with Crippen LogP contribution < -0.4 is 5.73 Å². The van der Waals surface area contributed by atoms with Crippen LogP contribution in [0.3, 0.4) is 0 Å². The van der Waals surface area contributed by atoms with Gasteiger partial charge in [0, 0.05) is 17.5 Å². The minimum atomic E-state index is -0.207. The quantitative estimate of drug-likeness (QED) is 0.640. The van der Waals surface area contributed by atoms with Crippen LogP contribution >= 0.6 is 0 Å². The maximum absolute atomic E-state index is 10.6. The highest BCUT2D eigenvalue weighted by Crippen LogP contribution is 2.09. The Hall–Kier alpha value is -2.53. The monoisotopic (exact) mass is 291 g/mol. The van der Waals surface area contributed by atoms with Gasteiger partial charge in [0.25, 0.3) is 0 Å². The summed E-state index contributed by atoms with van der Waals surface area (Å²) in [7, 11) is 0. The Morgan fingerprint density at radius 3 is 2.09 bits per heavy atom. The Morgan fingerprint density at radius 2 is 1.45 bits per heavy atom. The number of nitrogens with two attached hydrogens (primary N) is 1. The fraction of sp³-hybridized carbons (Fsp3) is 0.250. The average molecular weight is 291 g/mol. The molecule has 0 aliphatic carbocycles. The number of hydrogen-bond donors (Lipinski definition) is 1. The zero-order valence-electron chi connectivity index (χ0n) is 12.7. The third-order valence-corrected chi connectivity index (χ3v) is 3.47. The van der Waals surface area contributed by atoms with Crippen LogP contribution in [-0.4, -0.2) is 5.91 Å². The molecule has 0 heterocycles. The van der Waals surface area contributed by atoms with Crippen molar-refractivity contribution in [1.82, 2.24) is 0 Å². The largest absolute Gasteiger partial charge is 0.370 e. The third-order valence-electron chi connectivity index (χ3n) is 3.47. The summed E-state index contributed by atoms with van der Waals surface area (Å²) in [6, 6.07) is 18.4. The fourth-order valence-corrected chi connectivity index (χ4v) is 2.23. The predicted octanol–water partition coefficient (Wildman–Crippen LogP) is 3.67. The van der Waals surface area contributed by atoms with Crippen molar-refractivity contribution in [2.75, 3.05) is 0 Å². The molecule has 22 heavy (non-hydrogen) atoms. The van der Waals surface area contributed by atoms with Crippen molar-refractivity contribution in [2.24, 2.45) is 5.73 Å². The number of aryl methyl sites for hydroxylation is 1. The lowest BCUT2D eigenvalue weighted by atomic mass is 10.0. The standard InChI is InChI=1S/C20H21NO/c21-20(22)10-6-2-5-9-18-12-15-19(16-13-18)14-11-17-7-3-1-4-8-17/h1,3-4,7-8,12-13,15-16H,2,5-6,9-10H2,(H2,21,22). The Balaban J connectivity index is 1.81. The molecule has 0 saturated heterocycles. The van der Waals surface area contributed by atoms with Crippen LogP contribution in [0.15, 0.2) is 54.6 Å². The predicted molar refractivity (Wildman–Crippen MR) is 90.2 cm³/mol. The summed E-state index contributed by atoms with van der Waals surface area (Å²) < 4.78 is 0. The molecule has 2 rings (SSSR count). The van der Waals surface area contributed by atoms with Gasteiger partial charge in [-0.25, -0.2) is 0 Å². The lowest BCUT2D eigenvalue weighted by Gasteiger charge is -2.01. The third kappa shape index (κ3) is 5.85. The fourth-order valence-electron chi connectivity index (χ4n) is 2.23. The van der Waals surface area contributed by atoms with Gasteiger partial charge >= 0.3 is 0 Å². The summed E-state index contributed by atoms with van der Waals surface area (Å²) in [5.41, 5.74) is 8.49. The van der Waals surface area contributed by atoms with E-state index in [9.17, 15) is 4.79 Å². The first-order valence-corrected chi connectivity index (χ1v) is 7.68. The van der Waals surface area contributed by atoms with Crippen molar-refractivity contribution in [3.63, 3.8) is 0 Å². The van der Waals surface area contributed by atoms with Crippen LogP contribution in [-0.2, 0) is 11.2 Å². The highest BCUT2D eigenvalue weighted by atomic mass is 16.1. The van der Waals surface area contributed by atoms with Gasteiger partial charge in [-0.3, -0.25) is 4.79 Å². The van der Waals surface area contributed by atoms with E-state index in [0.717, 1.165) is 36.8 Å². The number of carbonyl (C=O) groups excluding carboxylic acids is 1. The SMILES string of the molecule is NC(=O)CCCCCc1ccc(C#Cc2ccccc2)cc1. The summed E-state index contributed by atoms with van der Waals surface area (Å²) in [5.74, 6) is 6.13. The second-order valence-electron chi connectivity index (χ2n) is 5.34. The molecule has 1 amide bonds. The van der Waals surface area contributed by atoms with Crippen LogP contribution in [0.25, 0.3) is 0 Å². The van der Waals surface area contributed by atoms with Crippen LogP contribution in [0.5, 0.6) is 0 Å². The molecule has 0 unspecified atom stereocenters. The lowest BCUT2D eigenvalue weighted by molar-refractivity contribution is -0.118. The van der Waals surface area contributed by atoms with Gasteiger partial charge in [-0.15, -0.1) is 0 Å². The Bertz CT molecular complexity index is 648. The van der Waals surface area contributed by atoms with E-state index < -0.39 is 0 Å². The number of amides is 1. The molecule has 0 radical (unpaired) electrons. The molecule has 0 aliphatic rings. The first kappa shape index (κ1) is 15.9. The van der Waals surface area contributed by atoms with Crippen molar-refractivity contribution in [3.8, 4) is 11.8 Å². The van der Waals surface area contributed by atoms with Crippen LogP contribution in [0.4, 0.5) is 0 Å². The number of benzene rings is 2. The summed E-state index contributed by atoms with van der Waals surface area (Å²) in [4.78, 5) is 10.6. The van der Waals surface area contributed by atoms with E-state index in [0.29, 0.717) is 6.42 Å². The Morgan fingerprint density at radius 1 is 0.818 bits per heavy atom. The van der Waals surface area contributed by atoms with Crippen molar-refractivity contribution in [3.05, 3.63) is 71.3 Å². The van der Waals surface area contributed by atoms with Gasteiger partial charge in [-0.2, -0.15) is 0 Å². The van der Waals surface area contributed by atoms with Gasteiger partial charge in [-0.05, 0) is 49.1 Å². The molecule has 0 aromatic heterocycles. The maximum atomic E-state index is 10.6. The lowest BCUT2D eigenvalue weighted by Crippen LogP contribution is -2.09. The second kappa shape index (κ2) is 8.69. The van der Waals surface area contributed by atoms with Crippen molar-refractivity contribution < 1.29 is 4.79 Å². The zero-order valence-corrected chi connectivity index (χ0v) is 12.7.